The molecule has 3 aromatic carbocycles. The molecule has 0 saturated heterocycles. The lowest BCUT2D eigenvalue weighted by Crippen LogP contribution is -2.24. The first-order chi connectivity index (χ1) is 13.7. The number of rotatable bonds is 8. The van der Waals surface area contributed by atoms with Gasteiger partial charge in [-0.15, -0.1) is 0 Å². The topological polar surface area (TPSA) is 59.9 Å². The smallest absolute Gasteiger partial charge is 0.277 e. The number of benzene rings is 3. The van der Waals surface area contributed by atoms with Crippen LogP contribution in [0.1, 0.15) is 11.1 Å². The summed E-state index contributed by atoms with van der Waals surface area (Å²) < 4.78 is 24.2. The van der Waals surface area contributed by atoms with Crippen molar-refractivity contribution in [3.05, 3.63) is 95.8 Å². The van der Waals surface area contributed by atoms with E-state index in [1.54, 1.807) is 12.1 Å². The normalized spacial score (nSPS) is 10.6. The van der Waals surface area contributed by atoms with Gasteiger partial charge in [-0.1, -0.05) is 42.5 Å². The van der Waals surface area contributed by atoms with Crippen LogP contribution in [0.4, 0.5) is 4.39 Å². The molecule has 0 aliphatic heterocycles. The Morgan fingerprint density at radius 1 is 0.929 bits per heavy atom. The van der Waals surface area contributed by atoms with E-state index >= 15 is 0 Å². The van der Waals surface area contributed by atoms with Crippen LogP contribution in [0.3, 0.4) is 0 Å². The maximum absolute atomic E-state index is 13.4. The number of hydrogen-bond acceptors (Lipinski definition) is 4. The van der Waals surface area contributed by atoms with Gasteiger partial charge in [-0.2, -0.15) is 5.10 Å². The first-order valence-electron chi connectivity index (χ1n) is 8.67. The number of nitrogens with zero attached hydrogens (tertiary/aromatic N) is 1. The average Bonchev–Trinajstić information content (AvgIpc) is 2.73. The van der Waals surface area contributed by atoms with Crippen molar-refractivity contribution in [2.75, 3.05) is 6.61 Å². The molecule has 0 bridgehead atoms. The number of carbonyl (C=O) groups excluding carboxylic acids is 1. The Balaban J connectivity index is 1.42. The van der Waals surface area contributed by atoms with Gasteiger partial charge in [0, 0.05) is 0 Å². The number of amides is 1. The predicted molar refractivity (Wildman–Crippen MR) is 105 cm³/mol. The molecule has 0 fully saturated rings. The quantitative estimate of drug-likeness (QED) is 0.477. The molecule has 3 aromatic rings. The molecule has 0 aliphatic rings. The Morgan fingerprint density at radius 3 is 2.39 bits per heavy atom. The summed E-state index contributed by atoms with van der Waals surface area (Å²) in [5.74, 6) is -0.244. The van der Waals surface area contributed by atoms with Crippen molar-refractivity contribution in [2.45, 2.75) is 6.61 Å². The van der Waals surface area contributed by atoms with Crippen LogP contribution in [-0.4, -0.2) is 18.7 Å². The predicted octanol–water partition coefficient (Wildman–Crippen LogP) is 3.93. The van der Waals surface area contributed by atoms with E-state index in [9.17, 15) is 9.18 Å². The molecular weight excluding hydrogens is 359 g/mol. The summed E-state index contributed by atoms with van der Waals surface area (Å²) in [6.45, 7) is 0.164. The highest BCUT2D eigenvalue weighted by Crippen LogP contribution is 2.15. The lowest BCUT2D eigenvalue weighted by atomic mass is 10.2. The lowest BCUT2D eigenvalue weighted by molar-refractivity contribution is -0.123. The molecule has 3 rings (SSSR count). The van der Waals surface area contributed by atoms with E-state index in [-0.39, 0.29) is 12.4 Å². The molecule has 6 heteroatoms. The van der Waals surface area contributed by atoms with E-state index < -0.39 is 11.7 Å². The van der Waals surface area contributed by atoms with Gasteiger partial charge in [-0.3, -0.25) is 4.79 Å². The SMILES string of the molecule is O=C(COc1ccccc1F)N/N=C/c1ccc(OCc2ccccc2)cc1. The van der Waals surface area contributed by atoms with Gasteiger partial charge in [-0.05, 0) is 47.5 Å². The van der Waals surface area contributed by atoms with Crippen molar-refractivity contribution in [1.82, 2.24) is 5.43 Å². The van der Waals surface area contributed by atoms with Crippen molar-refractivity contribution in [2.24, 2.45) is 5.10 Å². The Labute approximate surface area is 162 Å². The van der Waals surface area contributed by atoms with E-state index in [0.717, 1.165) is 16.9 Å². The van der Waals surface area contributed by atoms with Crippen LogP contribution in [0.25, 0.3) is 0 Å². The molecule has 1 amide bonds. The molecule has 0 atom stereocenters. The average molecular weight is 378 g/mol. The number of carbonyl (C=O) groups is 1. The molecule has 5 nitrogen and oxygen atoms in total. The Kier molecular flexibility index (Phi) is 6.73. The van der Waals surface area contributed by atoms with Gasteiger partial charge in [-0.25, -0.2) is 9.82 Å². The maximum atomic E-state index is 13.4. The van der Waals surface area contributed by atoms with Crippen molar-refractivity contribution in [3.63, 3.8) is 0 Å². The summed E-state index contributed by atoms with van der Waals surface area (Å²) in [6.07, 6.45) is 1.50. The lowest BCUT2D eigenvalue weighted by Gasteiger charge is -2.06. The Hall–Kier alpha value is -3.67. The van der Waals surface area contributed by atoms with Crippen LogP contribution in [0.15, 0.2) is 84.0 Å². The standard InChI is InChI=1S/C22H19FN2O3/c23-20-8-4-5-9-21(20)28-16-22(26)25-24-14-17-10-12-19(13-11-17)27-15-18-6-2-1-3-7-18/h1-14H,15-16H2,(H,25,26)/b24-14+. The number of halogens is 1. The molecule has 0 aromatic heterocycles. The Morgan fingerprint density at radius 2 is 1.64 bits per heavy atom. The monoisotopic (exact) mass is 378 g/mol. The van der Waals surface area contributed by atoms with E-state index in [4.69, 9.17) is 9.47 Å². The first kappa shape index (κ1) is 19.1. The number of hydrogen-bond donors (Lipinski definition) is 1. The summed E-state index contributed by atoms with van der Waals surface area (Å²) in [5, 5.41) is 3.86. The molecule has 1 N–H and O–H groups in total. The van der Waals surface area contributed by atoms with Gasteiger partial charge < -0.3 is 9.47 Å². The number of ether oxygens (including phenoxy) is 2. The fraction of sp³-hybridized carbons (Fsp3) is 0.0909. The van der Waals surface area contributed by atoms with Crippen LogP contribution in [-0.2, 0) is 11.4 Å². The fourth-order valence-corrected chi connectivity index (χ4v) is 2.31. The van der Waals surface area contributed by atoms with Gasteiger partial charge >= 0.3 is 0 Å². The van der Waals surface area contributed by atoms with Gasteiger partial charge in [0.1, 0.15) is 12.4 Å². The van der Waals surface area contributed by atoms with Crippen molar-refractivity contribution >= 4 is 12.1 Å². The molecular formula is C22H19FN2O3. The van der Waals surface area contributed by atoms with E-state index in [1.807, 2.05) is 54.6 Å². The molecule has 0 radical (unpaired) electrons. The second-order valence-corrected chi connectivity index (χ2v) is 5.86. The summed E-state index contributed by atoms with van der Waals surface area (Å²) in [7, 11) is 0. The maximum Gasteiger partial charge on any atom is 0.277 e. The highest BCUT2D eigenvalue weighted by atomic mass is 19.1. The third-order valence-electron chi connectivity index (χ3n) is 3.73. The van der Waals surface area contributed by atoms with Gasteiger partial charge in [0.15, 0.2) is 18.2 Å². The third kappa shape index (κ3) is 5.95. The van der Waals surface area contributed by atoms with Gasteiger partial charge in [0.25, 0.3) is 5.91 Å². The summed E-state index contributed by atoms with van der Waals surface area (Å²) >= 11 is 0. The van der Waals surface area contributed by atoms with Crippen molar-refractivity contribution in [3.8, 4) is 11.5 Å². The van der Waals surface area contributed by atoms with E-state index in [0.29, 0.717) is 6.61 Å². The highest BCUT2D eigenvalue weighted by molar-refractivity contribution is 5.83. The highest BCUT2D eigenvalue weighted by Gasteiger charge is 2.05. The third-order valence-corrected chi connectivity index (χ3v) is 3.73. The number of nitrogens with one attached hydrogen (secondary N) is 1. The number of para-hydroxylation sites is 1. The van der Waals surface area contributed by atoms with Crippen molar-refractivity contribution < 1.29 is 18.7 Å². The van der Waals surface area contributed by atoms with Crippen LogP contribution in [0.2, 0.25) is 0 Å². The zero-order valence-corrected chi connectivity index (χ0v) is 15.0. The summed E-state index contributed by atoms with van der Waals surface area (Å²) in [4.78, 5) is 11.7. The van der Waals surface area contributed by atoms with E-state index in [2.05, 4.69) is 10.5 Å². The summed E-state index contributed by atoms with van der Waals surface area (Å²) in [6, 6.07) is 23.1. The first-order valence-corrected chi connectivity index (χ1v) is 8.67. The Bertz CT molecular complexity index is 928. The molecule has 0 aliphatic carbocycles. The zero-order chi connectivity index (χ0) is 19.6. The van der Waals surface area contributed by atoms with Crippen LogP contribution < -0.4 is 14.9 Å². The van der Waals surface area contributed by atoms with Crippen LogP contribution in [0.5, 0.6) is 11.5 Å². The van der Waals surface area contributed by atoms with Gasteiger partial charge in [0.05, 0.1) is 6.21 Å². The minimum Gasteiger partial charge on any atom is -0.489 e. The minimum atomic E-state index is -0.520. The molecule has 142 valence electrons. The largest absolute Gasteiger partial charge is 0.489 e. The number of hydrazone groups is 1. The molecule has 0 heterocycles. The van der Waals surface area contributed by atoms with Crippen LogP contribution in [0, 0.1) is 5.82 Å². The molecule has 0 spiro atoms. The van der Waals surface area contributed by atoms with Crippen molar-refractivity contribution in [1.29, 1.82) is 0 Å². The second-order valence-electron chi connectivity index (χ2n) is 5.86. The summed E-state index contributed by atoms with van der Waals surface area (Å²) in [5.41, 5.74) is 4.22. The van der Waals surface area contributed by atoms with Crippen LogP contribution >= 0.6 is 0 Å². The minimum absolute atomic E-state index is 0.0210. The zero-order valence-electron chi connectivity index (χ0n) is 15.0. The molecule has 28 heavy (non-hydrogen) atoms. The second kappa shape index (κ2) is 9.87. The van der Waals surface area contributed by atoms with Gasteiger partial charge in [0.2, 0.25) is 0 Å². The van der Waals surface area contributed by atoms with E-state index in [1.165, 1.54) is 18.3 Å². The molecule has 0 unspecified atom stereocenters. The fourth-order valence-electron chi connectivity index (χ4n) is 2.31. The molecule has 0 saturated carbocycles.